The quantitative estimate of drug-likeness (QED) is 0.776. The minimum Gasteiger partial charge on any atom is -0.320 e. The number of hydrogen-bond acceptors (Lipinski definition) is 2. The van der Waals surface area contributed by atoms with Gasteiger partial charge in [0.1, 0.15) is 0 Å². The van der Waals surface area contributed by atoms with E-state index in [4.69, 9.17) is 0 Å². The number of nitrogens with zero attached hydrogens (tertiary/aromatic N) is 2. The monoisotopic (exact) mass is 319 g/mol. The van der Waals surface area contributed by atoms with E-state index in [2.05, 4.69) is 31.1 Å². The molecule has 24 heavy (non-hydrogen) atoms. The third-order valence-corrected chi connectivity index (χ3v) is 3.95. The number of hydrogen-bond donors (Lipinski definition) is 1. The fraction of sp³-hybridized carbons (Fsp3) is 0.200. The number of para-hydroxylation sites is 2. The van der Waals surface area contributed by atoms with Gasteiger partial charge in [0.25, 0.3) is 5.91 Å². The first-order valence-corrected chi connectivity index (χ1v) is 7.94. The number of anilines is 1. The second-order valence-electron chi connectivity index (χ2n) is 6.77. The van der Waals surface area contributed by atoms with E-state index in [1.165, 1.54) is 5.56 Å². The maximum atomic E-state index is 12.6. The molecule has 0 unspecified atom stereocenters. The summed E-state index contributed by atoms with van der Waals surface area (Å²) in [5.41, 5.74) is 3.56. The lowest BCUT2D eigenvalue weighted by Crippen LogP contribution is -2.15. The lowest BCUT2D eigenvalue weighted by molar-refractivity contribution is 0.102. The highest BCUT2D eigenvalue weighted by Crippen LogP contribution is 2.23. The van der Waals surface area contributed by atoms with Gasteiger partial charge in [-0.05, 0) is 35.2 Å². The number of benzene rings is 2. The average molecular weight is 319 g/mol. The summed E-state index contributed by atoms with van der Waals surface area (Å²) in [6.07, 6.45) is 5.27. The first kappa shape index (κ1) is 16.0. The van der Waals surface area contributed by atoms with E-state index in [1.807, 2.05) is 59.3 Å². The van der Waals surface area contributed by atoms with Crippen LogP contribution in [-0.2, 0) is 5.41 Å². The van der Waals surface area contributed by atoms with Crippen molar-refractivity contribution < 1.29 is 4.79 Å². The molecule has 0 aliphatic carbocycles. The zero-order valence-corrected chi connectivity index (χ0v) is 14.2. The van der Waals surface area contributed by atoms with Gasteiger partial charge in [0.2, 0.25) is 0 Å². The Morgan fingerprint density at radius 2 is 1.75 bits per heavy atom. The molecule has 4 heteroatoms. The summed E-state index contributed by atoms with van der Waals surface area (Å²) >= 11 is 0. The fourth-order valence-corrected chi connectivity index (χ4v) is 2.52. The van der Waals surface area contributed by atoms with E-state index in [1.54, 1.807) is 12.5 Å². The molecule has 3 aromatic rings. The summed E-state index contributed by atoms with van der Waals surface area (Å²) in [6.45, 7) is 6.47. The molecule has 1 heterocycles. The molecular weight excluding hydrogens is 298 g/mol. The summed E-state index contributed by atoms with van der Waals surface area (Å²) < 4.78 is 1.87. The summed E-state index contributed by atoms with van der Waals surface area (Å²) in [5.74, 6) is -0.122. The molecule has 0 atom stereocenters. The standard InChI is InChI=1S/C20H21N3O/c1-20(2,3)16-10-8-15(9-11-16)19(24)22-17-6-4-5-7-18(17)23-13-12-21-14-23/h4-14H,1-3H3,(H,22,24). The van der Waals surface area contributed by atoms with Crippen LogP contribution in [0.3, 0.4) is 0 Å². The molecule has 0 bridgehead atoms. The molecule has 0 aliphatic rings. The molecule has 3 rings (SSSR count). The van der Waals surface area contributed by atoms with Gasteiger partial charge in [0, 0.05) is 18.0 Å². The summed E-state index contributed by atoms with van der Waals surface area (Å²) in [6, 6.07) is 15.4. The number of nitrogens with one attached hydrogen (secondary N) is 1. The number of rotatable bonds is 3. The van der Waals surface area contributed by atoms with Gasteiger partial charge in [-0.1, -0.05) is 45.0 Å². The first-order chi connectivity index (χ1) is 11.4. The van der Waals surface area contributed by atoms with Crippen molar-refractivity contribution >= 4 is 11.6 Å². The molecule has 122 valence electrons. The van der Waals surface area contributed by atoms with Crippen LogP contribution in [0.1, 0.15) is 36.7 Å². The Balaban J connectivity index is 1.83. The van der Waals surface area contributed by atoms with E-state index < -0.39 is 0 Å². The van der Waals surface area contributed by atoms with E-state index >= 15 is 0 Å². The van der Waals surface area contributed by atoms with Gasteiger partial charge >= 0.3 is 0 Å². The predicted octanol–water partition coefficient (Wildman–Crippen LogP) is 4.42. The van der Waals surface area contributed by atoms with Gasteiger partial charge in [-0.25, -0.2) is 4.98 Å². The highest BCUT2D eigenvalue weighted by atomic mass is 16.1. The van der Waals surface area contributed by atoms with Crippen LogP contribution in [0, 0.1) is 0 Å². The largest absolute Gasteiger partial charge is 0.320 e. The molecule has 2 aromatic carbocycles. The van der Waals surface area contributed by atoms with E-state index in [0.29, 0.717) is 5.56 Å². The second-order valence-corrected chi connectivity index (χ2v) is 6.77. The molecule has 1 amide bonds. The summed E-state index contributed by atoms with van der Waals surface area (Å²) in [4.78, 5) is 16.6. The third kappa shape index (κ3) is 3.38. The zero-order valence-electron chi connectivity index (χ0n) is 14.2. The minimum atomic E-state index is -0.122. The van der Waals surface area contributed by atoms with Gasteiger partial charge in [-0.2, -0.15) is 0 Å². The van der Waals surface area contributed by atoms with Crippen molar-refractivity contribution in [3.63, 3.8) is 0 Å². The lowest BCUT2D eigenvalue weighted by atomic mass is 9.87. The van der Waals surface area contributed by atoms with Gasteiger partial charge < -0.3 is 9.88 Å². The van der Waals surface area contributed by atoms with Gasteiger partial charge in [-0.15, -0.1) is 0 Å². The SMILES string of the molecule is CC(C)(C)c1ccc(C(=O)Nc2ccccc2-n2ccnc2)cc1. The molecule has 0 radical (unpaired) electrons. The van der Waals surface area contributed by atoms with Gasteiger partial charge in [-0.3, -0.25) is 4.79 Å². The predicted molar refractivity (Wildman–Crippen MR) is 96.7 cm³/mol. The van der Waals surface area contributed by atoms with Crippen LogP contribution in [0.25, 0.3) is 5.69 Å². The van der Waals surface area contributed by atoms with Crippen LogP contribution < -0.4 is 5.32 Å². The Morgan fingerprint density at radius 1 is 1.04 bits per heavy atom. The molecule has 1 N–H and O–H groups in total. The maximum absolute atomic E-state index is 12.6. The van der Waals surface area contributed by atoms with E-state index in [0.717, 1.165) is 11.4 Å². The smallest absolute Gasteiger partial charge is 0.255 e. The Hall–Kier alpha value is -2.88. The highest BCUT2D eigenvalue weighted by molar-refractivity contribution is 6.05. The van der Waals surface area contributed by atoms with E-state index in [9.17, 15) is 4.79 Å². The van der Waals surface area contributed by atoms with Crippen molar-refractivity contribution in [2.75, 3.05) is 5.32 Å². The second kappa shape index (κ2) is 6.32. The molecule has 4 nitrogen and oxygen atoms in total. The number of carbonyl (C=O) groups is 1. The maximum Gasteiger partial charge on any atom is 0.255 e. The van der Waals surface area contributed by atoms with E-state index in [-0.39, 0.29) is 11.3 Å². The molecule has 0 saturated carbocycles. The van der Waals surface area contributed by atoms with Crippen LogP contribution in [0.4, 0.5) is 5.69 Å². The third-order valence-electron chi connectivity index (χ3n) is 3.95. The average Bonchev–Trinajstić information content (AvgIpc) is 3.09. The van der Waals surface area contributed by atoms with Crippen LogP contribution >= 0.6 is 0 Å². The van der Waals surface area contributed by atoms with Crippen molar-refractivity contribution in [3.05, 3.63) is 78.4 Å². The summed E-state index contributed by atoms with van der Waals surface area (Å²) in [5, 5.41) is 2.99. The van der Waals surface area contributed by atoms with Crippen molar-refractivity contribution in [1.82, 2.24) is 9.55 Å². The lowest BCUT2D eigenvalue weighted by Gasteiger charge is -2.19. The molecule has 0 fully saturated rings. The Labute approximate surface area is 142 Å². The Bertz CT molecular complexity index is 828. The Kier molecular flexibility index (Phi) is 4.21. The number of carbonyl (C=O) groups excluding carboxylic acids is 1. The van der Waals surface area contributed by atoms with Crippen molar-refractivity contribution in [1.29, 1.82) is 0 Å². The number of imidazole rings is 1. The fourth-order valence-electron chi connectivity index (χ4n) is 2.52. The number of aromatic nitrogens is 2. The van der Waals surface area contributed by atoms with Crippen LogP contribution in [0.5, 0.6) is 0 Å². The summed E-state index contributed by atoms with van der Waals surface area (Å²) in [7, 11) is 0. The molecule has 1 aromatic heterocycles. The van der Waals surface area contributed by atoms with Crippen molar-refractivity contribution in [3.8, 4) is 5.69 Å². The number of amides is 1. The minimum absolute atomic E-state index is 0.0724. The van der Waals surface area contributed by atoms with Crippen LogP contribution in [0.15, 0.2) is 67.3 Å². The highest BCUT2D eigenvalue weighted by Gasteiger charge is 2.15. The van der Waals surface area contributed by atoms with Crippen LogP contribution in [-0.4, -0.2) is 15.5 Å². The van der Waals surface area contributed by atoms with Crippen molar-refractivity contribution in [2.45, 2.75) is 26.2 Å². The molecular formula is C20H21N3O. The zero-order chi connectivity index (χ0) is 17.2. The Morgan fingerprint density at radius 3 is 2.38 bits per heavy atom. The normalized spacial score (nSPS) is 11.3. The molecule has 0 aliphatic heterocycles. The topological polar surface area (TPSA) is 46.9 Å². The van der Waals surface area contributed by atoms with Gasteiger partial charge in [0.05, 0.1) is 17.7 Å². The van der Waals surface area contributed by atoms with Gasteiger partial charge in [0.15, 0.2) is 0 Å². The molecule has 0 saturated heterocycles. The van der Waals surface area contributed by atoms with Crippen molar-refractivity contribution in [2.24, 2.45) is 0 Å². The first-order valence-electron chi connectivity index (χ1n) is 7.94. The molecule has 0 spiro atoms. The van der Waals surface area contributed by atoms with Crippen LogP contribution in [0.2, 0.25) is 0 Å².